The number of pyridine rings is 1. The van der Waals surface area contributed by atoms with E-state index >= 15 is 0 Å². The Morgan fingerprint density at radius 3 is 1.81 bits per heavy atom. The van der Waals surface area contributed by atoms with Gasteiger partial charge in [-0.05, 0) is 37.1 Å². The van der Waals surface area contributed by atoms with Crippen molar-refractivity contribution >= 4 is 0 Å². The van der Waals surface area contributed by atoms with Crippen molar-refractivity contribution in [3.05, 3.63) is 88.7 Å². The molecule has 3 aromatic rings. The monoisotopic (exact) mass is 348 g/mol. The highest BCUT2D eigenvalue weighted by molar-refractivity contribution is 5.41. The van der Waals surface area contributed by atoms with Gasteiger partial charge in [-0.15, -0.1) is 0 Å². The summed E-state index contributed by atoms with van der Waals surface area (Å²) in [5, 5.41) is 20.8. The van der Waals surface area contributed by atoms with Crippen LogP contribution in [-0.4, -0.2) is 20.1 Å². The molecule has 0 saturated carbocycles. The summed E-state index contributed by atoms with van der Waals surface area (Å²) < 4.78 is 0. The van der Waals surface area contributed by atoms with Crippen LogP contribution in [0.2, 0.25) is 0 Å². The third kappa shape index (κ3) is 4.21. The third-order valence-corrected chi connectivity index (χ3v) is 4.54. The zero-order chi connectivity index (χ0) is 18.5. The van der Waals surface area contributed by atoms with Gasteiger partial charge in [-0.25, -0.2) is 0 Å². The fourth-order valence-electron chi connectivity index (χ4n) is 3.06. The van der Waals surface area contributed by atoms with Crippen LogP contribution >= 0.6 is 0 Å². The Hall–Kier alpha value is -2.85. The summed E-state index contributed by atoms with van der Waals surface area (Å²) in [5.41, 5.74) is 4.41. The molecule has 0 atom stereocenters. The Morgan fingerprint density at radius 2 is 1.31 bits per heavy atom. The van der Waals surface area contributed by atoms with Crippen molar-refractivity contribution in [2.75, 3.05) is 0 Å². The number of phenolic OH excluding ortho intramolecular Hbond substituents is 2. The molecule has 1 heterocycles. The van der Waals surface area contributed by atoms with E-state index in [0.29, 0.717) is 31.1 Å². The fourth-order valence-corrected chi connectivity index (χ4v) is 3.06. The van der Waals surface area contributed by atoms with Crippen LogP contribution in [0.1, 0.15) is 27.9 Å². The Bertz CT molecular complexity index is 825. The molecule has 0 radical (unpaired) electrons. The van der Waals surface area contributed by atoms with Gasteiger partial charge in [-0.2, -0.15) is 0 Å². The largest absolute Gasteiger partial charge is 0.507 e. The van der Waals surface area contributed by atoms with E-state index in [1.807, 2.05) is 68.4 Å². The first-order valence-corrected chi connectivity index (χ1v) is 8.72. The average Bonchev–Trinajstić information content (AvgIpc) is 2.63. The molecule has 3 rings (SSSR count). The van der Waals surface area contributed by atoms with E-state index in [1.165, 1.54) is 0 Å². The molecule has 1 aromatic heterocycles. The smallest absolute Gasteiger partial charge is 0.122 e. The minimum Gasteiger partial charge on any atom is -0.507 e. The van der Waals surface area contributed by atoms with E-state index < -0.39 is 0 Å². The number of benzene rings is 2. The van der Waals surface area contributed by atoms with Crippen LogP contribution in [0, 0.1) is 13.8 Å². The van der Waals surface area contributed by atoms with Crippen LogP contribution in [-0.2, 0) is 19.6 Å². The maximum atomic E-state index is 10.4. The van der Waals surface area contributed by atoms with Crippen molar-refractivity contribution in [3.8, 4) is 11.5 Å². The maximum Gasteiger partial charge on any atom is 0.122 e. The number of para-hydroxylation sites is 2. The van der Waals surface area contributed by atoms with Crippen molar-refractivity contribution in [1.29, 1.82) is 0 Å². The van der Waals surface area contributed by atoms with E-state index in [2.05, 4.69) is 9.88 Å². The Kier molecular flexibility index (Phi) is 5.54. The summed E-state index contributed by atoms with van der Waals surface area (Å²) in [7, 11) is 0. The quantitative estimate of drug-likeness (QED) is 0.697. The van der Waals surface area contributed by atoms with E-state index in [0.717, 1.165) is 27.9 Å². The predicted octanol–water partition coefficient (Wildman–Crippen LogP) is 4.31. The highest BCUT2D eigenvalue weighted by Crippen LogP contribution is 2.27. The van der Waals surface area contributed by atoms with E-state index in [-0.39, 0.29) is 0 Å². The average molecular weight is 348 g/mol. The lowest BCUT2D eigenvalue weighted by molar-refractivity contribution is 0.238. The second kappa shape index (κ2) is 8.02. The Labute approximate surface area is 154 Å². The number of rotatable bonds is 6. The minimum absolute atomic E-state index is 0.326. The van der Waals surface area contributed by atoms with Gasteiger partial charge in [-0.3, -0.25) is 9.88 Å². The molecule has 4 heteroatoms. The minimum atomic E-state index is 0.326. The van der Waals surface area contributed by atoms with Crippen LogP contribution in [0.4, 0.5) is 0 Å². The van der Waals surface area contributed by atoms with Gasteiger partial charge in [0.25, 0.3) is 0 Å². The molecule has 2 aromatic carbocycles. The molecule has 26 heavy (non-hydrogen) atoms. The lowest BCUT2D eigenvalue weighted by Crippen LogP contribution is -2.23. The number of aromatic nitrogens is 1. The van der Waals surface area contributed by atoms with Crippen molar-refractivity contribution < 1.29 is 10.2 Å². The zero-order valence-electron chi connectivity index (χ0n) is 15.2. The van der Waals surface area contributed by atoms with E-state index in [4.69, 9.17) is 0 Å². The lowest BCUT2D eigenvalue weighted by Gasteiger charge is -2.24. The molecule has 0 saturated heterocycles. The van der Waals surface area contributed by atoms with Crippen LogP contribution in [0.25, 0.3) is 0 Å². The van der Waals surface area contributed by atoms with Crippen LogP contribution in [0.5, 0.6) is 11.5 Å². The van der Waals surface area contributed by atoms with Gasteiger partial charge in [0.15, 0.2) is 0 Å². The van der Waals surface area contributed by atoms with Gasteiger partial charge in [0.2, 0.25) is 0 Å². The number of nitrogens with zero attached hydrogens (tertiary/aromatic N) is 2. The summed E-state index contributed by atoms with van der Waals surface area (Å²) in [5.74, 6) is 0.652. The molecule has 0 fully saturated rings. The van der Waals surface area contributed by atoms with Crippen LogP contribution in [0.15, 0.2) is 60.8 Å². The highest BCUT2D eigenvalue weighted by Gasteiger charge is 2.14. The second-order valence-electron chi connectivity index (χ2n) is 6.63. The Morgan fingerprint density at radius 1 is 0.731 bits per heavy atom. The van der Waals surface area contributed by atoms with Gasteiger partial charge in [0, 0.05) is 37.0 Å². The summed E-state index contributed by atoms with van der Waals surface area (Å²) in [6, 6.07) is 17.4. The first-order chi connectivity index (χ1) is 12.5. The molecule has 0 aliphatic carbocycles. The number of aromatic hydroxyl groups is 2. The molecule has 0 spiro atoms. The third-order valence-electron chi connectivity index (χ3n) is 4.54. The topological polar surface area (TPSA) is 56.6 Å². The normalized spacial score (nSPS) is 11.0. The molecule has 0 aliphatic rings. The first kappa shape index (κ1) is 18.0. The predicted molar refractivity (Wildman–Crippen MR) is 103 cm³/mol. The number of phenols is 2. The molecule has 134 valence electrons. The van der Waals surface area contributed by atoms with Gasteiger partial charge in [0.1, 0.15) is 11.5 Å². The van der Waals surface area contributed by atoms with Crippen molar-refractivity contribution in [2.45, 2.75) is 33.5 Å². The SMILES string of the molecule is Cc1cccc(CN(Cc2ccccn2)Cc2cccc(C)c2O)c1O. The van der Waals surface area contributed by atoms with Gasteiger partial charge in [0.05, 0.1) is 5.69 Å². The molecule has 0 bridgehead atoms. The molecule has 2 N–H and O–H groups in total. The summed E-state index contributed by atoms with van der Waals surface area (Å²) in [4.78, 5) is 6.59. The molecule has 0 aliphatic heterocycles. The van der Waals surface area contributed by atoms with E-state index in [9.17, 15) is 10.2 Å². The first-order valence-electron chi connectivity index (χ1n) is 8.72. The van der Waals surface area contributed by atoms with E-state index in [1.54, 1.807) is 6.20 Å². The molecule has 4 nitrogen and oxygen atoms in total. The van der Waals surface area contributed by atoms with Crippen LogP contribution in [0.3, 0.4) is 0 Å². The molecule has 0 amide bonds. The van der Waals surface area contributed by atoms with Gasteiger partial charge in [-0.1, -0.05) is 42.5 Å². The maximum absolute atomic E-state index is 10.4. The summed E-state index contributed by atoms with van der Waals surface area (Å²) in [6.07, 6.45) is 1.78. The van der Waals surface area contributed by atoms with Crippen molar-refractivity contribution in [2.24, 2.45) is 0 Å². The lowest BCUT2D eigenvalue weighted by atomic mass is 10.1. The highest BCUT2D eigenvalue weighted by atomic mass is 16.3. The summed E-state index contributed by atoms with van der Waals surface area (Å²) in [6.45, 7) is 5.55. The number of hydrogen-bond donors (Lipinski definition) is 2. The van der Waals surface area contributed by atoms with Gasteiger partial charge < -0.3 is 10.2 Å². The Balaban J connectivity index is 1.88. The van der Waals surface area contributed by atoms with Crippen LogP contribution < -0.4 is 0 Å². The van der Waals surface area contributed by atoms with Crippen molar-refractivity contribution in [1.82, 2.24) is 9.88 Å². The summed E-state index contributed by atoms with van der Waals surface area (Å²) >= 11 is 0. The zero-order valence-corrected chi connectivity index (χ0v) is 15.2. The second-order valence-corrected chi connectivity index (χ2v) is 6.63. The standard InChI is InChI=1S/C22H24N2O2/c1-16-7-5-9-18(21(16)25)13-24(15-20-11-3-4-12-23-20)14-19-10-6-8-17(2)22(19)26/h3-12,25-26H,13-15H2,1-2H3. The van der Waals surface area contributed by atoms with Crippen molar-refractivity contribution in [3.63, 3.8) is 0 Å². The fraction of sp³-hybridized carbons (Fsp3) is 0.227. The number of aryl methyl sites for hydroxylation is 2. The molecular weight excluding hydrogens is 324 g/mol. The number of hydrogen-bond acceptors (Lipinski definition) is 4. The van der Waals surface area contributed by atoms with Gasteiger partial charge >= 0.3 is 0 Å². The molecular formula is C22H24N2O2. The molecule has 0 unspecified atom stereocenters.